The highest BCUT2D eigenvalue weighted by Gasteiger charge is 2.39. The molecule has 2 rings (SSSR count). The van der Waals surface area contributed by atoms with E-state index in [0.29, 0.717) is 19.6 Å². The van der Waals surface area contributed by atoms with Gasteiger partial charge in [-0.25, -0.2) is 8.42 Å². The van der Waals surface area contributed by atoms with Crippen molar-refractivity contribution in [1.82, 2.24) is 4.90 Å². The minimum Gasteiger partial charge on any atom is -0.381 e. The molecular weight excluding hydrogens is 228 g/mol. The number of nitrogens with zero attached hydrogens (tertiary/aromatic N) is 1. The molecular formula is C10H20N2O3S. The van der Waals surface area contributed by atoms with Crippen molar-refractivity contribution in [3.8, 4) is 0 Å². The van der Waals surface area contributed by atoms with Crippen LogP contribution in [0, 0.1) is 0 Å². The first-order valence-electron chi connectivity index (χ1n) is 5.81. The average molecular weight is 248 g/mol. The van der Waals surface area contributed by atoms with Crippen molar-refractivity contribution in [3.63, 3.8) is 0 Å². The fourth-order valence-electron chi connectivity index (χ4n) is 2.59. The van der Waals surface area contributed by atoms with Crippen LogP contribution in [0.3, 0.4) is 0 Å². The molecule has 0 atom stereocenters. The minimum absolute atomic E-state index is 0.0197. The van der Waals surface area contributed by atoms with E-state index in [1.165, 1.54) is 0 Å². The Kier molecular flexibility index (Phi) is 3.53. The Labute approximate surface area is 96.9 Å². The molecule has 2 aliphatic heterocycles. The Balaban J connectivity index is 2.05. The van der Waals surface area contributed by atoms with Gasteiger partial charge in [0.2, 0.25) is 0 Å². The van der Waals surface area contributed by atoms with E-state index in [4.69, 9.17) is 10.5 Å². The van der Waals surface area contributed by atoms with Gasteiger partial charge in [0.1, 0.15) is 0 Å². The summed E-state index contributed by atoms with van der Waals surface area (Å²) in [5, 5.41) is 0. The molecule has 0 unspecified atom stereocenters. The van der Waals surface area contributed by atoms with Gasteiger partial charge in [-0.3, -0.25) is 4.90 Å². The zero-order valence-corrected chi connectivity index (χ0v) is 10.3. The monoisotopic (exact) mass is 248 g/mol. The molecule has 2 N–H and O–H groups in total. The molecule has 94 valence electrons. The van der Waals surface area contributed by atoms with Gasteiger partial charge < -0.3 is 10.5 Å². The summed E-state index contributed by atoms with van der Waals surface area (Å²) in [5.74, 6) is 0.547. The van der Waals surface area contributed by atoms with Crippen LogP contribution in [0.4, 0.5) is 0 Å². The number of ether oxygens (including phenoxy) is 1. The summed E-state index contributed by atoms with van der Waals surface area (Å²) < 4.78 is 28.1. The molecule has 0 amide bonds. The molecule has 0 bridgehead atoms. The van der Waals surface area contributed by atoms with Crippen molar-refractivity contribution in [2.24, 2.45) is 5.73 Å². The van der Waals surface area contributed by atoms with E-state index in [9.17, 15) is 8.42 Å². The minimum atomic E-state index is -2.80. The van der Waals surface area contributed by atoms with Crippen LogP contribution in [0.1, 0.15) is 12.8 Å². The molecule has 0 spiro atoms. The Bertz CT molecular complexity index is 322. The van der Waals surface area contributed by atoms with Crippen molar-refractivity contribution in [2.45, 2.75) is 18.4 Å². The average Bonchev–Trinajstić information content (AvgIpc) is 2.30. The highest BCUT2D eigenvalue weighted by Crippen LogP contribution is 2.28. The van der Waals surface area contributed by atoms with Gasteiger partial charge in [-0.05, 0) is 12.8 Å². The molecule has 0 aromatic rings. The largest absolute Gasteiger partial charge is 0.381 e. The van der Waals surface area contributed by atoms with Crippen LogP contribution >= 0.6 is 0 Å². The lowest BCUT2D eigenvalue weighted by atomic mass is 9.88. The fourth-order valence-corrected chi connectivity index (χ4v) is 3.79. The molecule has 2 aliphatic rings. The van der Waals surface area contributed by atoms with E-state index < -0.39 is 9.84 Å². The van der Waals surface area contributed by atoms with Gasteiger partial charge in [0.15, 0.2) is 9.84 Å². The zero-order valence-electron chi connectivity index (χ0n) is 9.52. The van der Waals surface area contributed by atoms with Crippen molar-refractivity contribution < 1.29 is 13.2 Å². The van der Waals surface area contributed by atoms with Crippen molar-refractivity contribution in [1.29, 1.82) is 0 Å². The molecule has 16 heavy (non-hydrogen) atoms. The first kappa shape index (κ1) is 12.3. The maximum Gasteiger partial charge on any atom is 0.152 e. The van der Waals surface area contributed by atoms with Crippen molar-refractivity contribution in [2.75, 3.05) is 44.4 Å². The molecule has 0 saturated carbocycles. The molecule has 6 heteroatoms. The highest BCUT2D eigenvalue weighted by molar-refractivity contribution is 7.91. The van der Waals surface area contributed by atoms with Crippen molar-refractivity contribution >= 4 is 9.84 Å². The van der Waals surface area contributed by atoms with E-state index in [1.54, 1.807) is 0 Å². The Morgan fingerprint density at radius 1 is 1.19 bits per heavy atom. The molecule has 2 fully saturated rings. The van der Waals surface area contributed by atoms with E-state index in [2.05, 4.69) is 4.90 Å². The third kappa shape index (κ3) is 2.40. The van der Waals surface area contributed by atoms with Gasteiger partial charge in [0.25, 0.3) is 0 Å². The van der Waals surface area contributed by atoms with Crippen LogP contribution < -0.4 is 5.73 Å². The maximum absolute atomic E-state index is 11.4. The summed E-state index contributed by atoms with van der Waals surface area (Å²) in [7, 11) is -2.80. The summed E-state index contributed by atoms with van der Waals surface area (Å²) in [6, 6.07) is 0. The van der Waals surface area contributed by atoms with Gasteiger partial charge in [-0.15, -0.1) is 0 Å². The first-order valence-corrected chi connectivity index (χ1v) is 7.63. The Morgan fingerprint density at radius 3 is 2.25 bits per heavy atom. The van der Waals surface area contributed by atoms with Crippen LogP contribution in [0.25, 0.3) is 0 Å². The molecule has 0 aromatic heterocycles. The number of rotatable bonds is 2. The smallest absolute Gasteiger partial charge is 0.152 e. The second kappa shape index (κ2) is 4.60. The normalized spacial score (nSPS) is 30.1. The van der Waals surface area contributed by atoms with E-state index in [-0.39, 0.29) is 17.0 Å². The van der Waals surface area contributed by atoms with E-state index in [0.717, 1.165) is 26.1 Å². The molecule has 0 aliphatic carbocycles. The van der Waals surface area contributed by atoms with Crippen LogP contribution in [-0.2, 0) is 14.6 Å². The highest BCUT2D eigenvalue weighted by atomic mass is 32.2. The lowest BCUT2D eigenvalue weighted by Gasteiger charge is -2.47. The molecule has 2 heterocycles. The summed E-state index contributed by atoms with van der Waals surface area (Å²) >= 11 is 0. The maximum atomic E-state index is 11.4. The molecule has 0 radical (unpaired) electrons. The van der Waals surface area contributed by atoms with Gasteiger partial charge in [0.05, 0.1) is 11.5 Å². The topological polar surface area (TPSA) is 72.6 Å². The van der Waals surface area contributed by atoms with Gasteiger partial charge in [0, 0.05) is 38.4 Å². The Morgan fingerprint density at radius 2 is 1.75 bits per heavy atom. The lowest BCUT2D eigenvalue weighted by Crippen LogP contribution is -2.60. The number of hydrogen-bond donors (Lipinski definition) is 1. The van der Waals surface area contributed by atoms with E-state index >= 15 is 0 Å². The number of nitrogens with two attached hydrogens (primary N) is 1. The SMILES string of the molecule is NCC1(N2CCS(=O)(=O)CC2)CCOCC1. The molecule has 2 saturated heterocycles. The predicted octanol–water partition coefficient (Wildman–Crippen LogP) is -0.775. The Hall–Kier alpha value is -0.170. The molecule has 0 aromatic carbocycles. The standard InChI is InChI=1S/C10H20N2O3S/c11-9-10(1-5-15-6-2-10)12-3-7-16(13,14)8-4-12/h1-9,11H2. The van der Waals surface area contributed by atoms with Gasteiger partial charge in [-0.2, -0.15) is 0 Å². The summed E-state index contributed by atoms with van der Waals surface area (Å²) in [5.41, 5.74) is 5.87. The van der Waals surface area contributed by atoms with Gasteiger partial charge >= 0.3 is 0 Å². The van der Waals surface area contributed by atoms with Crippen LogP contribution in [0.15, 0.2) is 0 Å². The lowest BCUT2D eigenvalue weighted by molar-refractivity contribution is -0.0206. The van der Waals surface area contributed by atoms with Crippen LogP contribution in [0.5, 0.6) is 0 Å². The van der Waals surface area contributed by atoms with Crippen LogP contribution in [-0.4, -0.2) is 63.2 Å². The second-order valence-electron chi connectivity index (χ2n) is 4.68. The van der Waals surface area contributed by atoms with Crippen LogP contribution in [0.2, 0.25) is 0 Å². The number of hydrogen-bond acceptors (Lipinski definition) is 5. The van der Waals surface area contributed by atoms with E-state index in [1.807, 2.05) is 0 Å². The summed E-state index contributed by atoms with van der Waals surface area (Å²) in [4.78, 5) is 2.26. The van der Waals surface area contributed by atoms with Gasteiger partial charge in [-0.1, -0.05) is 0 Å². The second-order valence-corrected chi connectivity index (χ2v) is 6.98. The first-order chi connectivity index (χ1) is 7.58. The fraction of sp³-hybridized carbons (Fsp3) is 1.00. The third-order valence-electron chi connectivity index (χ3n) is 3.82. The predicted molar refractivity (Wildman–Crippen MR) is 62.1 cm³/mol. The van der Waals surface area contributed by atoms with Crippen molar-refractivity contribution in [3.05, 3.63) is 0 Å². The summed E-state index contributed by atoms with van der Waals surface area (Å²) in [6.07, 6.45) is 1.84. The number of sulfone groups is 1. The molecule has 5 nitrogen and oxygen atoms in total. The zero-order chi connectivity index (χ0) is 11.6. The summed E-state index contributed by atoms with van der Waals surface area (Å²) in [6.45, 7) is 3.32. The quantitative estimate of drug-likeness (QED) is 0.694. The third-order valence-corrected chi connectivity index (χ3v) is 5.43.